The molecule has 94 valence electrons. The second kappa shape index (κ2) is 5.23. The molecule has 5 heteroatoms. The lowest BCUT2D eigenvalue weighted by molar-refractivity contribution is 0.973. The maximum atomic E-state index is 5.95. The first-order chi connectivity index (χ1) is 8.65. The van der Waals surface area contributed by atoms with Crippen LogP contribution in [0.2, 0.25) is 5.15 Å². The molecule has 0 aliphatic rings. The molecule has 1 aromatic carbocycles. The molecule has 0 aliphatic carbocycles. The summed E-state index contributed by atoms with van der Waals surface area (Å²) in [5, 5.41) is 0.284. The highest BCUT2D eigenvalue weighted by Crippen LogP contribution is 2.32. The van der Waals surface area contributed by atoms with Crippen LogP contribution in [0.3, 0.4) is 0 Å². The number of hydrogen-bond acceptors (Lipinski definition) is 4. The fourth-order valence-electron chi connectivity index (χ4n) is 1.88. The highest BCUT2D eigenvalue weighted by Gasteiger charge is 2.15. The zero-order chi connectivity index (χ0) is 13.1. The van der Waals surface area contributed by atoms with Crippen molar-refractivity contribution in [2.45, 2.75) is 13.8 Å². The molecule has 0 amide bonds. The second-order valence-electron chi connectivity index (χ2n) is 3.93. The Morgan fingerprint density at radius 1 is 1.28 bits per heavy atom. The van der Waals surface area contributed by atoms with Crippen LogP contribution in [-0.2, 0) is 0 Å². The van der Waals surface area contributed by atoms with Crippen molar-refractivity contribution in [1.29, 1.82) is 0 Å². The molecule has 0 aliphatic heterocycles. The van der Waals surface area contributed by atoms with Crippen molar-refractivity contribution >= 4 is 28.8 Å². The minimum absolute atomic E-state index is 0.284. The number of rotatable bonds is 3. The Morgan fingerprint density at radius 2 is 2.00 bits per heavy atom. The number of para-hydroxylation sites is 1. The first kappa shape index (κ1) is 12.6. The molecule has 0 saturated carbocycles. The van der Waals surface area contributed by atoms with Crippen LogP contribution in [-0.4, -0.2) is 16.5 Å². The van der Waals surface area contributed by atoms with E-state index in [2.05, 4.69) is 23.0 Å². The highest BCUT2D eigenvalue weighted by molar-refractivity contribution is 6.32. The van der Waals surface area contributed by atoms with E-state index in [1.807, 2.05) is 30.0 Å². The van der Waals surface area contributed by atoms with E-state index in [0.717, 1.165) is 17.8 Å². The molecule has 0 saturated heterocycles. The van der Waals surface area contributed by atoms with E-state index in [4.69, 9.17) is 17.3 Å². The number of aromatic nitrogens is 2. The summed E-state index contributed by atoms with van der Waals surface area (Å²) in [6.07, 6.45) is 1.43. The summed E-state index contributed by atoms with van der Waals surface area (Å²) in [5.74, 6) is 0.645. The monoisotopic (exact) mass is 262 g/mol. The van der Waals surface area contributed by atoms with Crippen molar-refractivity contribution in [1.82, 2.24) is 9.97 Å². The summed E-state index contributed by atoms with van der Waals surface area (Å²) in [7, 11) is 0. The minimum Gasteiger partial charge on any atom is -0.393 e. The van der Waals surface area contributed by atoms with Gasteiger partial charge in [-0.25, -0.2) is 9.97 Å². The predicted octanol–water partition coefficient (Wildman–Crippen LogP) is 3.18. The van der Waals surface area contributed by atoms with Crippen molar-refractivity contribution in [3.63, 3.8) is 0 Å². The molecule has 2 N–H and O–H groups in total. The summed E-state index contributed by atoms with van der Waals surface area (Å²) < 4.78 is 0. The number of nitrogen functional groups attached to an aromatic ring is 1. The number of halogens is 1. The Labute approximate surface area is 111 Å². The van der Waals surface area contributed by atoms with Gasteiger partial charge in [0.1, 0.15) is 12.0 Å². The molecule has 0 bridgehead atoms. The van der Waals surface area contributed by atoms with Crippen molar-refractivity contribution in [3.8, 4) is 0 Å². The lowest BCUT2D eigenvalue weighted by Gasteiger charge is -2.25. The average Bonchev–Trinajstić information content (AvgIpc) is 2.37. The van der Waals surface area contributed by atoms with Gasteiger partial charge in [0.15, 0.2) is 11.0 Å². The molecular weight excluding hydrogens is 248 g/mol. The van der Waals surface area contributed by atoms with Gasteiger partial charge in [0.25, 0.3) is 0 Å². The third kappa shape index (κ3) is 2.24. The Bertz CT molecular complexity index is 556. The van der Waals surface area contributed by atoms with Crippen LogP contribution < -0.4 is 10.6 Å². The topological polar surface area (TPSA) is 55.0 Å². The summed E-state index contributed by atoms with van der Waals surface area (Å²) in [4.78, 5) is 10.1. The molecule has 0 unspecified atom stereocenters. The zero-order valence-electron chi connectivity index (χ0n) is 10.4. The third-order valence-corrected chi connectivity index (χ3v) is 3.09. The number of anilines is 3. The summed E-state index contributed by atoms with van der Waals surface area (Å²) >= 11 is 5.94. The highest BCUT2D eigenvalue weighted by atomic mass is 35.5. The fraction of sp³-hybridized carbons (Fsp3) is 0.231. The van der Waals surface area contributed by atoms with Gasteiger partial charge in [-0.15, -0.1) is 0 Å². The van der Waals surface area contributed by atoms with Crippen molar-refractivity contribution in [3.05, 3.63) is 41.3 Å². The van der Waals surface area contributed by atoms with Crippen LogP contribution >= 0.6 is 11.6 Å². The number of hydrogen-bond donors (Lipinski definition) is 1. The van der Waals surface area contributed by atoms with Gasteiger partial charge in [-0.05, 0) is 25.5 Å². The lowest BCUT2D eigenvalue weighted by atomic mass is 10.2. The van der Waals surface area contributed by atoms with Crippen LogP contribution in [0, 0.1) is 6.92 Å². The Kier molecular flexibility index (Phi) is 3.67. The molecule has 0 fully saturated rings. The van der Waals surface area contributed by atoms with Crippen LogP contribution in [0.1, 0.15) is 12.5 Å². The second-order valence-corrected chi connectivity index (χ2v) is 4.29. The molecular formula is C13H15ClN4. The molecule has 1 aromatic heterocycles. The van der Waals surface area contributed by atoms with E-state index in [1.165, 1.54) is 6.33 Å². The standard InChI is InChI=1S/C13H15ClN4/c1-3-18(10-7-5-4-6-9(10)2)13-11(15)12(14)16-8-17-13/h4-8H,3,15H2,1-2H3. The average molecular weight is 263 g/mol. The fourth-order valence-corrected chi connectivity index (χ4v) is 2.01. The van der Waals surface area contributed by atoms with Gasteiger partial charge in [0.05, 0.1) is 0 Å². The zero-order valence-corrected chi connectivity index (χ0v) is 11.1. The molecule has 2 rings (SSSR count). The first-order valence-corrected chi connectivity index (χ1v) is 6.12. The quantitative estimate of drug-likeness (QED) is 0.863. The maximum Gasteiger partial charge on any atom is 0.161 e. The summed E-state index contributed by atoms with van der Waals surface area (Å²) in [5.41, 5.74) is 8.59. The van der Waals surface area contributed by atoms with E-state index < -0.39 is 0 Å². The van der Waals surface area contributed by atoms with Crippen molar-refractivity contribution in [2.24, 2.45) is 0 Å². The number of nitrogens with zero attached hydrogens (tertiary/aromatic N) is 3. The van der Waals surface area contributed by atoms with E-state index in [1.54, 1.807) is 0 Å². The number of benzene rings is 1. The molecule has 4 nitrogen and oxygen atoms in total. The molecule has 0 radical (unpaired) electrons. The lowest BCUT2D eigenvalue weighted by Crippen LogP contribution is -2.20. The predicted molar refractivity (Wildman–Crippen MR) is 75.3 cm³/mol. The Balaban J connectivity index is 2.53. The van der Waals surface area contributed by atoms with Gasteiger partial charge in [-0.3, -0.25) is 0 Å². The Hall–Kier alpha value is -1.81. The van der Waals surface area contributed by atoms with Gasteiger partial charge < -0.3 is 10.6 Å². The first-order valence-electron chi connectivity index (χ1n) is 5.74. The van der Waals surface area contributed by atoms with Gasteiger partial charge in [-0.2, -0.15) is 0 Å². The van der Waals surface area contributed by atoms with Crippen LogP contribution in [0.5, 0.6) is 0 Å². The van der Waals surface area contributed by atoms with Crippen molar-refractivity contribution in [2.75, 3.05) is 17.2 Å². The largest absolute Gasteiger partial charge is 0.393 e. The third-order valence-electron chi connectivity index (χ3n) is 2.79. The van der Waals surface area contributed by atoms with E-state index in [0.29, 0.717) is 11.5 Å². The minimum atomic E-state index is 0.284. The molecule has 0 atom stereocenters. The molecule has 2 aromatic rings. The van der Waals surface area contributed by atoms with E-state index in [-0.39, 0.29) is 5.15 Å². The van der Waals surface area contributed by atoms with Crippen LogP contribution in [0.4, 0.5) is 17.2 Å². The van der Waals surface area contributed by atoms with E-state index >= 15 is 0 Å². The van der Waals surface area contributed by atoms with Gasteiger partial charge >= 0.3 is 0 Å². The molecule has 0 spiro atoms. The molecule has 18 heavy (non-hydrogen) atoms. The summed E-state index contributed by atoms with van der Waals surface area (Å²) in [6, 6.07) is 8.08. The number of nitrogens with two attached hydrogens (primary N) is 1. The van der Waals surface area contributed by atoms with E-state index in [9.17, 15) is 0 Å². The van der Waals surface area contributed by atoms with Gasteiger partial charge in [0, 0.05) is 12.2 Å². The van der Waals surface area contributed by atoms with Crippen LogP contribution in [0.15, 0.2) is 30.6 Å². The summed E-state index contributed by atoms with van der Waals surface area (Å²) in [6.45, 7) is 4.85. The van der Waals surface area contributed by atoms with Crippen LogP contribution in [0.25, 0.3) is 0 Å². The van der Waals surface area contributed by atoms with Gasteiger partial charge in [-0.1, -0.05) is 29.8 Å². The van der Waals surface area contributed by atoms with Gasteiger partial charge in [0.2, 0.25) is 0 Å². The van der Waals surface area contributed by atoms with Crippen molar-refractivity contribution < 1.29 is 0 Å². The normalized spacial score (nSPS) is 10.4. The maximum absolute atomic E-state index is 5.95. The Morgan fingerprint density at radius 3 is 2.67 bits per heavy atom. The number of aryl methyl sites for hydroxylation is 1. The SMILES string of the molecule is CCN(c1ccccc1C)c1ncnc(Cl)c1N. The molecule has 1 heterocycles. The smallest absolute Gasteiger partial charge is 0.161 e.